The lowest BCUT2D eigenvalue weighted by Gasteiger charge is -2.18. The lowest BCUT2D eigenvalue weighted by atomic mass is 10.1. The largest absolute Gasteiger partial charge is 0.457 e. The summed E-state index contributed by atoms with van der Waals surface area (Å²) in [5, 5.41) is 8.83. The molecule has 0 aromatic heterocycles. The van der Waals surface area contributed by atoms with E-state index in [1.54, 1.807) is 55.6 Å². The molecule has 0 aliphatic heterocycles. The van der Waals surface area contributed by atoms with Crippen molar-refractivity contribution in [3.63, 3.8) is 0 Å². The van der Waals surface area contributed by atoms with Crippen molar-refractivity contribution in [2.75, 3.05) is 11.9 Å². The van der Waals surface area contributed by atoms with Gasteiger partial charge in [-0.05, 0) is 42.0 Å². The third kappa shape index (κ3) is 4.25. The lowest BCUT2D eigenvalue weighted by molar-refractivity contribution is 0.0470. The van der Waals surface area contributed by atoms with Crippen LogP contribution in [0.1, 0.15) is 31.8 Å². The molecule has 5 nitrogen and oxygen atoms in total. The fourth-order valence-corrected chi connectivity index (χ4v) is 2.70. The number of ether oxygens (including phenoxy) is 1. The van der Waals surface area contributed by atoms with E-state index < -0.39 is 5.97 Å². The Kier molecular flexibility index (Phi) is 5.83. The van der Waals surface area contributed by atoms with Crippen LogP contribution in [0.15, 0.2) is 78.9 Å². The first kappa shape index (κ1) is 18.9. The van der Waals surface area contributed by atoms with Crippen LogP contribution in [0.2, 0.25) is 0 Å². The van der Waals surface area contributed by atoms with Gasteiger partial charge in [0.15, 0.2) is 0 Å². The van der Waals surface area contributed by atoms with Crippen LogP contribution in [0.3, 0.4) is 0 Å². The maximum atomic E-state index is 12.9. The third-order valence-electron chi connectivity index (χ3n) is 4.28. The molecule has 3 rings (SSSR count). The molecule has 0 radical (unpaired) electrons. The molecule has 0 fully saturated rings. The Balaban J connectivity index is 1.76. The SMILES string of the molecule is CN(C(=O)c1ccccc1C(=O)OCc1ccc(C#N)cc1)c1ccccc1. The van der Waals surface area contributed by atoms with Crippen LogP contribution in [-0.2, 0) is 11.3 Å². The Hall–Kier alpha value is -3.91. The second kappa shape index (κ2) is 8.65. The quantitative estimate of drug-likeness (QED) is 0.632. The molecule has 0 saturated carbocycles. The number of carbonyl (C=O) groups excluding carboxylic acids is 2. The highest BCUT2D eigenvalue weighted by Gasteiger charge is 2.21. The summed E-state index contributed by atoms with van der Waals surface area (Å²) in [7, 11) is 1.66. The van der Waals surface area contributed by atoms with Crippen molar-refractivity contribution in [3.05, 3.63) is 101 Å². The van der Waals surface area contributed by atoms with Crippen LogP contribution in [0, 0.1) is 11.3 Å². The van der Waals surface area contributed by atoms with E-state index in [1.165, 1.54) is 4.90 Å². The minimum atomic E-state index is -0.574. The predicted octanol–water partition coefficient (Wildman–Crippen LogP) is 4.19. The maximum absolute atomic E-state index is 12.9. The topological polar surface area (TPSA) is 70.4 Å². The van der Waals surface area contributed by atoms with Crippen LogP contribution in [0.5, 0.6) is 0 Å². The van der Waals surface area contributed by atoms with Crippen LogP contribution in [0.25, 0.3) is 0 Å². The number of amides is 1. The van der Waals surface area contributed by atoms with E-state index >= 15 is 0 Å². The van der Waals surface area contributed by atoms with Gasteiger partial charge in [-0.15, -0.1) is 0 Å². The number of rotatable bonds is 5. The zero-order valence-corrected chi connectivity index (χ0v) is 15.3. The average molecular weight is 370 g/mol. The molecule has 5 heteroatoms. The Labute approximate surface area is 163 Å². The summed E-state index contributed by atoms with van der Waals surface area (Å²) in [6.45, 7) is 0.0571. The molecular formula is C23H18N2O3. The van der Waals surface area contributed by atoms with Gasteiger partial charge in [-0.1, -0.05) is 42.5 Å². The van der Waals surface area contributed by atoms with Crippen molar-refractivity contribution in [1.82, 2.24) is 0 Å². The average Bonchev–Trinajstić information content (AvgIpc) is 2.77. The van der Waals surface area contributed by atoms with Crippen LogP contribution >= 0.6 is 0 Å². The number of nitrogens with zero attached hydrogens (tertiary/aromatic N) is 2. The van der Waals surface area contributed by atoms with Gasteiger partial charge in [0.05, 0.1) is 22.8 Å². The Morgan fingerprint density at radius 2 is 1.50 bits per heavy atom. The van der Waals surface area contributed by atoms with Crippen molar-refractivity contribution < 1.29 is 14.3 Å². The number of anilines is 1. The standard InChI is InChI=1S/C23H18N2O3/c1-25(19-7-3-2-4-8-19)22(26)20-9-5-6-10-21(20)23(27)28-16-18-13-11-17(15-24)12-14-18/h2-14H,16H2,1H3. The number of esters is 1. The van der Waals surface area contributed by atoms with E-state index in [1.807, 2.05) is 36.4 Å². The van der Waals surface area contributed by atoms with Gasteiger partial charge in [-0.3, -0.25) is 4.79 Å². The molecule has 0 spiro atoms. The molecule has 0 bridgehead atoms. The van der Waals surface area contributed by atoms with Crippen LogP contribution in [0.4, 0.5) is 5.69 Å². The van der Waals surface area contributed by atoms with Crippen molar-refractivity contribution >= 4 is 17.6 Å². The van der Waals surface area contributed by atoms with Gasteiger partial charge < -0.3 is 9.64 Å². The molecule has 0 atom stereocenters. The van der Waals surface area contributed by atoms with Crippen molar-refractivity contribution in [2.45, 2.75) is 6.61 Å². The zero-order chi connectivity index (χ0) is 19.9. The van der Waals surface area contributed by atoms with Crippen molar-refractivity contribution in [1.29, 1.82) is 5.26 Å². The van der Waals surface area contributed by atoms with Crippen molar-refractivity contribution in [2.24, 2.45) is 0 Å². The molecule has 1 amide bonds. The first-order chi connectivity index (χ1) is 13.6. The monoisotopic (exact) mass is 370 g/mol. The summed E-state index contributed by atoms with van der Waals surface area (Å²) in [4.78, 5) is 27.0. The molecule has 138 valence electrons. The van der Waals surface area contributed by atoms with Gasteiger partial charge in [0.2, 0.25) is 0 Å². The molecule has 28 heavy (non-hydrogen) atoms. The highest BCUT2D eigenvalue weighted by Crippen LogP contribution is 2.18. The molecule has 0 unspecified atom stereocenters. The summed E-state index contributed by atoms with van der Waals surface area (Å²) in [5.74, 6) is -0.869. The van der Waals surface area contributed by atoms with Gasteiger partial charge in [0, 0.05) is 12.7 Å². The summed E-state index contributed by atoms with van der Waals surface area (Å²) >= 11 is 0. The maximum Gasteiger partial charge on any atom is 0.339 e. The van der Waals surface area contributed by atoms with Crippen LogP contribution in [-0.4, -0.2) is 18.9 Å². The van der Waals surface area contributed by atoms with Gasteiger partial charge in [-0.25, -0.2) is 4.79 Å². The molecule has 0 saturated heterocycles. The predicted molar refractivity (Wildman–Crippen MR) is 106 cm³/mol. The van der Waals surface area contributed by atoms with E-state index in [0.717, 1.165) is 11.3 Å². The molecule has 0 aliphatic carbocycles. The first-order valence-corrected chi connectivity index (χ1v) is 8.68. The molecular weight excluding hydrogens is 352 g/mol. The van der Waals surface area contributed by atoms with Gasteiger partial charge in [0.1, 0.15) is 6.61 Å². The Morgan fingerprint density at radius 1 is 0.893 bits per heavy atom. The number of nitriles is 1. The second-order valence-electron chi connectivity index (χ2n) is 6.13. The smallest absolute Gasteiger partial charge is 0.339 e. The highest BCUT2D eigenvalue weighted by molar-refractivity contribution is 6.11. The highest BCUT2D eigenvalue weighted by atomic mass is 16.5. The summed E-state index contributed by atoms with van der Waals surface area (Å²) in [6.07, 6.45) is 0. The number of para-hydroxylation sites is 1. The second-order valence-corrected chi connectivity index (χ2v) is 6.13. The summed E-state index contributed by atoms with van der Waals surface area (Å²) < 4.78 is 5.37. The summed E-state index contributed by atoms with van der Waals surface area (Å²) in [5.41, 5.74) is 2.52. The minimum absolute atomic E-state index is 0.0571. The van der Waals surface area contributed by atoms with Crippen molar-refractivity contribution in [3.8, 4) is 6.07 Å². The lowest BCUT2D eigenvalue weighted by Crippen LogP contribution is -2.28. The molecule has 0 N–H and O–H groups in total. The van der Waals surface area contributed by atoms with E-state index in [2.05, 4.69) is 0 Å². The molecule has 0 heterocycles. The van der Waals surface area contributed by atoms with E-state index in [0.29, 0.717) is 5.56 Å². The number of hydrogen-bond donors (Lipinski definition) is 0. The number of benzene rings is 3. The first-order valence-electron chi connectivity index (χ1n) is 8.68. The van der Waals surface area contributed by atoms with E-state index in [9.17, 15) is 9.59 Å². The summed E-state index contributed by atoms with van der Waals surface area (Å²) in [6, 6.07) is 24.6. The fourth-order valence-electron chi connectivity index (χ4n) is 2.70. The van der Waals surface area contributed by atoms with Gasteiger partial charge >= 0.3 is 5.97 Å². The third-order valence-corrected chi connectivity index (χ3v) is 4.28. The normalized spacial score (nSPS) is 10.0. The molecule has 0 aliphatic rings. The van der Waals surface area contributed by atoms with Crippen LogP contribution < -0.4 is 4.90 Å². The minimum Gasteiger partial charge on any atom is -0.457 e. The van der Waals surface area contributed by atoms with E-state index in [-0.39, 0.29) is 23.6 Å². The number of carbonyl (C=O) groups is 2. The zero-order valence-electron chi connectivity index (χ0n) is 15.3. The Bertz CT molecular complexity index is 1020. The van der Waals surface area contributed by atoms with E-state index in [4.69, 9.17) is 10.00 Å². The number of hydrogen-bond acceptors (Lipinski definition) is 4. The van der Waals surface area contributed by atoms with Gasteiger partial charge in [-0.2, -0.15) is 5.26 Å². The van der Waals surface area contributed by atoms with Gasteiger partial charge in [0.25, 0.3) is 5.91 Å². The Morgan fingerprint density at radius 3 is 2.14 bits per heavy atom. The fraction of sp³-hybridized carbons (Fsp3) is 0.0870. The molecule has 3 aromatic rings. The molecule has 3 aromatic carbocycles.